The van der Waals surface area contributed by atoms with Crippen LogP contribution in [0.3, 0.4) is 0 Å². The second-order valence-electron chi connectivity index (χ2n) is 6.53. The van der Waals surface area contributed by atoms with Crippen LogP contribution in [0.1, 0.15) is 16.9 Å². The standard InChI is InChI=1S/C20H23FN4O2S.ClH/c21-12-4-3-5-15(8-12)28-19-16-6-1-2-7-17(16)25-18(19)20(27)24-11-13(23)9-14(26)10-22;/h1-8,13-14,25-26H,9-11,22-23H2,(H,24,27);1H/t13-,14?;/m0./s1. The monoisotopic (exact) mass is 438 g/mol. The molecule has 0 bridgehead atoms. The van der Waals surface area contributed by atoms with Crippen molar-refractivity contribution >= 4 is 41.0 Å². The van der Waals surface area contributed by atoms with Crippen molar-refractivity contribution in [1.29, 1.82) is 0 Å². The quantitative estimate of drug-likeness (QED) is 0.370. The second-order valence-corrected chi connectivity index (χ2v) is 7.61. The van der Waals surface area contributed by atoms with Crippen LogP contribution in [0.5, 0.6) is 0 Å². The Morgan fingerprint density at radius 1 is 1.24 bits per heavy atom. The summed E-state index contributed by atoms with van der Waals surface area (Å²) in [5.74, 6) is -0.645. The number of para-hydroxylation sites is 1. The van der Waals surface area contributed by atoms with Gasteiger partial charge < -0.3 is 26.9 Å². The molecule has 1 heterocycles. The largest absolute Gasteiger partial charge is 0.392 e. The van der Waals surface area contributed by atoms with Gasteiger partial charge in [0.1, 0.15) is 11.5 Å². The molecule has 9 heteroatoms. The van der Waals surface area contributed by atoms with Crippen LogP contribution in [-0.4, -0.2) is 41.2 Å². The molecule has 0 aliphatic rings. The molecular formula is C20H24ClFN4O2S. The van der Waals surface area contributed by atoms with Gasteiger partial charge in [0.25, 0.3) is 5.91 Å². The highest BCUT2D eigenvalue weighted by atomic mass is 35.5. The third kappa shape index (κ3) is 5.94. The lowest BCUT2D eigenvalue weighted by molar-refractivity contribution is 0.0938. The molecule has 1 aromatic heterocycles. The zero-order valence-corrected chi connectivity index (χ0v) is 17.2. The number of benzene rings is 2. The Kier molecular flexibility index (Phi) is 8.48. The Hall–Kier alpha value is -2.10. The number of H-pyrrole nitrogens is 1. The molecule has 3 aromatic rings. The molecule has 156 valence electrons. The van der Waals surface area contributed by atoms with Gasteiger partial charge in [-0.25, -0.2) is 4.39 Å². The van der Waals surface area contributed by atoms with E-state index in [1.54, 1.807) is 12.1 Å². The smallest absolute Gasteiger partial charge is 0.268 e. The summed E-state index contributed by atoms with van der Waals surface area (Å²) >= 11 is 1.32. The summed E-state index contributed by atoms with van der Waals surface area (Å²) in [6.45, 7) is 0.327. The van der Waals surface area contributed by atoms with Crippen LogP contribution in [0.2, 0.25) is 0 Å². The molecule has 0 radical (unpaired) electrons. The van der Waals surface area contributed by atoms with E-state index >= 15 is 0 Å². The lowest BCUT2D eigenvalue weighted by Gasteiger charge is -2.15. The van der Waals surface area contributed by atoms with E-state index < -0.39 is 12.1 Å². The number of aliphatic hydroxyl groups is 1. The zero-order valence-electron chi connectivity index (χ0n) is 15.6. The first-order chi connectivity index (χ1) is 13.5. The zero-order chi connectivity index (χ0) is 20.1. The number of aromatic amines is 1. The number of fused-ring (bicyclic) bond motifs is 1. The Morgan fingerprint density at radius 2 is 2.00 bits per heavy atom. The minimum atomic E-state index is -0.695. The van der Waals surface area contributed by atoms with Gasteiger partial charge in [0.05, 0.1) is 11.0 Å². The third-order valence-electron chi connectivity index (χ3n) is 4.27. The number of halogens is 2. The van der Waals surface area contributed by atoms with Crippen molar-refractivity contribution in [3.05, 3.63) is 60.0 Å². The summed E-state index contributed by atoms with van der Waals surface area (Å²) in [7, 11) is 0. The summed E-state index contributed by atoms with van der Waals surface area (Å²) in [5.41, 5.74) is 12.5. The molecule has 1 amide bonds. The van der Waals surface area contributed by atoms with E-state index in [9.17, 15) is 14.3 Å². The average molecular weight is 439 g/mol. The van der Waals surface area contributed by atoms with E-state index in [4.69, 9.17) is 11.5 Å². The molecule has 0 aliphatic carbocycles. The molecule has 1 unspecified atom stereocenters. The lowest BCUT2D eigenvalue weighted by atomic mass is 10.1. The van der Waals surface area contributed by atoms with Gasteiger partial charge in [0, 0.05) is 34.9 Å². The number of rotatable bonds is 8. The number of nitrogens with one attached hydrogen (secondary N) is 2. The number of carbonyl (C=O) groups excluding carboxylic acids is 1. The molecule has 0 aliphatic heterocycles. The van der Waals surface area contributed by atoms with Gasteiger partial charge in [-0.05, 0) is 30.7 Å². The molecule has 0 spiro atoms. The molecule has 6 nitrogen and oxygen atoms in total. The van der Waals surface area contributed by atoms with Crippen molar-refractivity contribution in [3.63, 3.8) is 0 Å². The number of hydrogen-bond donors (Lipinski definition) is 5. The molecule has 0 saturated heterocycles. The lowest BCUT2D eigenvalue weighted by Crippen LogP contribution is -2.40. The predicted molar refractivity (Wildman–Crippen MR) is 116 cm³/mol. The van der Waals surface area contributed by atoms with E-state index in [0.29, 0.717) is 21.9 Å². The van der Waals surface area contributed by atoms with E-state index in [2.05, 4.69) is 10.3 Å². The molecule has 7 N–H and O–H groups in total. The van der Waals surface area contributed by atoms with Gasteiger partial charge in [-0.2, -0.15) is 0 Å². The first-order valence-corrected chi connectivity index (χ1v) is 9.75. The highest BCUT2D eigenvalue weighted by Gasteiger charge is 2.20. The van der Waals surface area contributed by atoms with Crippen LogP contribution in [0.4, 0.5) is 4.39 Å². The summed E-state index contributed by atoms with van der Waals surface area (Å²) in [5, 5.41) is 13.3. The minimum absolute atomic E-state index is 0. The molecule has 0 saturated carbocycles. The highest BCUT2D eigenvalue weighted by Crippen LogP contribution is 2.36. The van der Waals surface area contributed by atoms with Crippen molar-refractivity contribution in [1.82, 2.24) is 10.3 Å². The average Bonchev–Trinajstić information content (AvgIpc) is 3.04. The molecule has 0 fully saturated rings. The van der Waals surface area contributed by atoms with Crippen LogP contribution < -0.4 is 16.8 Å². The maximum absolute atomic E-state index is 13.6. The van der Waals surface area contributed by atoms with E-state index in [0.717, 1.165) is 10.9 Å². The van der Waals surface area contributed by atoms with E-state index in [-0.39, 0.29) is 37.2 Å². The maximum Gasteiger partial charge on any atom is 0.268 e. The Morgan fingerprint density at radius 3 is 2.72 bits per heavy atom. The highest BCUT2D eigenvalue weighted by molar-refractivity contribution is 7.99. The van der Waals surface area contributed by atoms with Gasteiger partial charge in [-0.15, -0.1) is 12.4 Å². The van der Waals surface area contributed by atoms with Gasteiger partial charge in [-0.3, -0.25) is 4.79 Å². The fraction of sp³-hybridized carbons (Fsp3) is 0.250. The van der Waals surface area contributed by atoms with Crippen LogP contribution in [0, 0.1) is 5.82 Å². The van der Waals surface area contributed by atoms with Crippen molar-refractivity contribution < 1.29 is 14.3 Å². The van der Waals surface area contributed by atoms with Gasteiger partial charge in [0.15, 0.2) is 0 Å². The number of amides is 1. The van der Waals surface area contributed by atoms with Crippen LogP contribution >= 0.6 is 24.2 Å². The molecule has 2 atom stereocenters. The maximum atomic E-state index is 13.6. The number of carbonyl (C=O) groups is 1. The summed E-state index contributed by atoms with van der Waals surface area (Å²) in [6.07, 6.45) is -0.395. The van der Waals surface area contributed by atoms with Crippen LogP contribution in [0.25, 0.3) is 10.9 Å². The predicted octanol–water partition coefficient (Wildman–Crippen LogP) is 2.65. The van der Waals surface area contributed by atoms with Crippen LogP contribution in [-0.2, 0) is 0 Å². The number of nitrogens with two attached hydrogens (primary N) is 2. The summed E-state index contributed by atoms with van der Waals surface area (Å²) in [6, 6.07) is 13.4. The SMILES string of the molecule is Cl.NCC(O)C[C@H](N)CNC(=O)c1[nH]c2ccccc2c1Sc1cccc(F)c1. The van der Waals surface area contributed by atoms with E-state index in [1.807, 2.05) is 24.3 Å². The Labute approximate surface area is 178 Å². The van der Waals surface area contributed by atoms with Crippen molar-refractivity contribution in [2.45, 2.75) is 28.4 Å². The van der Waals surface area contributed by atoms with Crippen molar-refractivity contribution in [3.8, 4) is 0 Å². The topological polar surface area (TPSA) is 117 Å². The first kappa shape index (κ1) is 23.2. The summed E-state index contributed by atoms with van der Waals surface area (Å²) < 4.78 is 13.6. The van der Waals surface area contributed by atoms with E-state index in [1.165, 1.54) is 23.9 Å². The number of aliphatic hydroxyl groups excluding tert-OH is 1. The minimum Gasteiger partial charge on any atom is -0.392 e. The van der Waals surface area contributed by atoms with Gasteiger partial charge in [0.2, 0.25) is 0 Å². The molecule has 2 aromatic carbocycles. The van der Waals surface area contributed by atoms with Gasteiger partial charge >= 0.3 is 0 Å². The van der Waals surface area contributed by atoms with Crippen molar-refractivity contribution in [2.75, 3.05) is 13.1 Å². The van der Waals surface area contributed by atoms with Crippen LogP contribution in [0.15, 0.2) is 58.3 Å². The van der Waals surface area contributed by atoms with Crippen molar-refractivity contribution in [2.24, 2.45) is 11.5 Å². The fourth-order valence-electron chi connectivity index (χ4n) is 2.87. The first-order valence-electron chi connectivity index (χ1n) is 8.94. The number of aromatic nitrogens is 1. The summed E-state index contributed by atoms with van der Waals surface area (Å²) in [4.78, 5) is 17.3. The fourth-order valence-corrected chi connectivity index (χ4v) is 3.96. The number of hydrogen-bond acceptors (Lipinski definition) is 5. The van der Waals surface area contributed by atoms with Gasteiger partial charge in [-0.1, -0.05) is 36.0 Å². The third-order valence-corrected chi connectivity index (χ3v) is 5.39. The second kappa shape index (κ2) is 10.6. The molecular weight excluding hydrogens is 415 g/mol. The normalized spacial score (nSPS) is 13.0. The Bertz CT molecular complexity index is 969. The Balaban J connectivity index is 0.00000300. The molecule has 29 heavy (non-hydrogen) atoms. The molecule has 3 rings (SSSR count).